The zero-order chi connectivity index (χ0) is 16.5. The Kier molecular flexibility index (Phi) is 4.49. The molecule has 0 fully saturated rings. The highest BCUT2D eigenvalue weighted by Gasteiger charge is 2.60. The molecule has 0 spiro atoms. The second kappa shape index (κ2) is 5.89. The number of ether oxygens (including phenoxy) is 1. The number of aliphatic imine (C=N–C) groups is 1. The maximum atomic E-state index is 13.2. The molecule has 1 atom stereocenters. The topological polar surface area (TPSA) is 51.5 Å². The minimum absolute atomic E-state index is 0.0338. The van der Waals surface area contributed by atoms with Gasteiger partial charge in [-0.05, 0) is 12.1 Å². The van der Waals surface area contributed by atoms with Crippen LogP contribution in [0, 0.1) is 0 Å². The molecule has 4 nitrogen and oxygen atoms in total. The summed E-state index contributed by atoms with van der Waals surface area (Å²) in [6, 6.07) is 3.06. The number of esters is 1. The van der Waals surface area contributed by atoms with E-state index in [1.54, 1.807) is 6.07 Å². The fourth-order valence-corrected chi connectivity index (χ4v) is 2.28. The molecule has 0 amide bonds. The summed E-state index contributed by atoms with van der Waals surface area (Å²) in [4.78, 5) is 16.4. The van der Waals surface area contributed by atoms with E-state index < -0.39 is 29.2 Å². The number of rotatable bonds is 2. The lowest BCUT2D eigenvalue weighted by Gasteiger charge is -2.31. The number of nitrogens with zero attached hydrogens (tertiary/aromatic N) is 2. The van der Waals surface area contributed by atoms with Crippen LogP contribution in [0.3, 0.4) is 0 Å². The molecule has 1 aliphatic heterocycles. The van der Waals surface area contributed by atoms with Crippen LogP contribution in [-0.4, -0.2) is 34.8 Å². The van der Waals surface area contributed by atoms with E-state index in [0.717, 1.165) is 13.2 Å². The summed E-state index contributed by atoms with van der Waals surface area (Å²) in [5, 5.41) is 0.191. The monoisotopic (exact) mass is 352 g/mol. The number of alkyl halides is 4. The Labute approximate surface area is 133 Å². The van der Waals surface area contributed by atoms with Gasteiger partial charge in [-0.1, -0.05) is 17.7 Å². The summed E-state index contributed by atoms with van der Waals surface area (Å²) in [7, 11) is 0.949. The first-order chi connectivity index (χ1) is 10.2. The maximum Gasteiger partial charge on any atom is 0.413 e. The third kappa shape index (κ3) is 2.83. The normalized spacial score (nSPS) is 21.9. The third-order valence-corrected chi connectivity index (χ3v) is 3.87. The average Bonchev–Trinajstić information content (AvgIpc) is 2.46. The van der Waals surface area contributed by atoms with E-state index in [9.17, 15) is 18.0 Å². The van der Waals surface area contributed by atoms with Gasteiger partial charge in [-0.25, -0.2) is 9.79 Å². The van der Waals surface area contributed by atoms with Crippen LogP contribution >= 0.6 is 23.2 Å². The smallest absolute Gasteiger partial charge is 0.413 e. The van der Waals surface area contributed by atoms with Crippen molar-refractivity contribution >= 4 is 40.6 Å². The summed E-state index contributed by atoms with van der Waals surface area (Å²) >= 11 is 11.6. The van der Waals surface area contributed by atoms with Crippen LogP contribution in [0.25, 0.3) is 5.70 Å². The van der Waals surface area contributed by atoms with Gasteiger partial charge in [0.2, 0.25) is 0 Å². The molecule has 0 saturated heterocycles. The average molecular weight is 353 g/mol. The van der Waals surface area contributed by atoms with Crippen LogP contribution in [0.15, 0.2) is 29.4 Å². The molecule has 0 bridgehead atoms. The number of allylic oxidation sites excluding steroid dienone is 1. The highest BCUT2D eigenvalue weighted by Crippen LogP contribution is 2.44. The van der Waals surface area contributed by atoms with Gasteiger partial charge in [-0.2, -0.15) is 13.2 Å². The molecule has 0 radical (unpaired) electrons. The van der Waals surface area contributed by atoms with Gasteiger partial charge in [0.25, 0.3) is 0 Å². The van der Waals surface area contributed by atoms with Crippen molar-refractivity contribution in [1.29, 1.82) is 0 Å². The first kappa shape index (κ1) is 16.8. The Hall–Kier alpha value is -1.60. The second-order valence-corrected chi connectivity index (χ2v) is 5.43. The van der Waals surface area contributed by atoms with Crippen molar-refractivity contribution in [2.24, 2.45) is 4.99 Å². The minimum Gasteiger partial charge on any atom is -0.464 e. The molecule has 0 saturated carbocycles. The predicted molar refractivity (Wildman–Crippen MR) is 75.9 cm³/mol. The summed E-state index contributed by atoms with van der Waals surface area (Å²) in [6.07, 6.45) is -3.02. The molecule has 2 heterocycles. The number of halogens is 5. The summed E-state index contributed by atoms with van der Waals surface area (Å²) in [6.45, 7) is 0. The molecule has 0 N–H and O–H groups in total. The number of carbonyl (C=O) groups is 1. The van der Waals surface area contributed by atoms with Crippen LogP contribution in [0.2, 0.25) is 5.02 Å². The van der Waals surface area contributed by atoms with Crippen molar-refractivity contribution in [3.63, 3.8) is 0 Å². The lowest BCUT2D eigenvalue weighted by atomic mass is 9.93. The van der Waals surface area contributed by atoms with E-state index in [1.165, 1.54) is 12.3 Å². The van der Waals surface area contributed by atoms with E-state index in [2.05, 4.69) is 14.7 Å². The fourth-order valence-electron chi connectivity index (χ4n) is 1.87. The minimum atomic E-state index is -4.88. The largest absolute Gasteiger partial charge is 0.464 e. The molecular formula is C13H9Cl2F3N2O2. The van der Waals surface area contributed by atoms with Gasteiger partial charge < -0.3 is 4.74 Å². The quantitative estimate of drug-likeness (QED) is 0.603. The number of methoxy groups -OCH3 is 1. The zero-order valence-corrected chi connectivity index (χ0v) is 12.6. The Morgan fingerprint density at radius 2 is 2.14 bits per heavy atom. The first-order valence-electron chi connectivity index (χ1n) is 5.95. The Morgan fingerprint density at radius 1 is 1.45 bits per heavy atom. The van der Waals surface area contributed by atoms with Crippen molar-refractivity contribution in [2.75, 3.05) is 7.11 Å². The predicted octanol–water partition coefficient (Wildman–Crippen LogP) is 3.63. The molecule has 1 unspecified atom stereocenters. The van der Waals surface area contributed by atoms with E-state index in [1.807, 2.05) is 0 Å². The number of aromatic nitrogens is 1. The first-order valence-corrected chi connectivity index (χ1v) is 6.70. The van der Waals surface area contributed by atoms with Crippen molar-refractivity contribution in [1.82, 2.24) is 4.98 Å². The lowest BCUT2D eigenvalue weighted by molar-refractivity contribution is -0.150. The highest BCUT2D eigenvalue weighted by atomic mass is 35.5. The Bertz CT molecular complexity index is 673. The van der Waals surface area contributed by atoms with Gasteiger partial charge in [0.05, 0.1) is 17.8 Å². The fraction of sp³-hybridized carbons (Fsp3) is 0.308. The van der Waals surface area contributed by atoms with Crippen LogP contribution in [0.5, 0.6) is 0 Å². The molecule has 0 aromatic carbocycles. The standard InChI is InChI=1S/C13H9Cl2F3N2O2/c1-22-11(21)10-12(15,13(16,17)18)5-4-8(20-10)9-7(14)3-2-6-19-9/h2-4,6H,5H2,1H3. The molecule has 1 aliphatic rings. The van der Waals surface area contributed by atoms with E-state index >= 15 is 0 Å². The number of pyridine rings is 1. The van der Waals surface area contributed by atoms with Gasteiger partial charge in [-0.3, -0.25) is 4.98 Å². The van der Waals surface area contributed by atoms with Crippen molar-refractivity contribution in [2.45, 2.75) is 17.5 Å². The van der Waals surface area contributed by atoms with Crippen LogP contribution < -0.4 is 0 Å². The third-order valence-electron chi connectivity index (χ3n) is 3.01. The molecule has 9 heteroatoms. The number of hydrogen-bond donors (Lipinski definition) is 0. The van der Waals surface area contributed by atoms with E-state index in [0.29, 0.717) is 0 Å². The Balaban J connectivity index is 2.55. The van der Waals surface area contributed by atoms with Crippen LogP contribution in [0.1, 0.15) is 12.1 Å². The van der Waals surface area contributed by atoms with E-state index in [-0.39, 0.29) is 16.4 Å². The molecular weight excluding hydrogens is 344 g/mol. The molecule has 1 aromatic heterocycles. The Morgan fingerprint density at radius 3 is 2.68 bits per heavy atom. The van der Waals surface area contributed by atoms with Crippen molar-refractivity contribution < 1.29 is 22.7 Å². The van der Waals surface area contributed by atoms with Crippen molar-refractivity contribution in [3.05, 3.63) is 35.1 Å². The SMILES string of the molecule is COC(=O)C1=NC(c2ncccc2Cl)=CCC1(Cl)C(F)(F)F. The van der Waals surface area contributed by atoms with Gasteiger partial charge in [0.1, 0.15) is 5.69 Å². The zero-order valence-electron chi connectivity index (χ0n) is 11.1. The van der Waals surface area contributed by atoms with Crippen LogP contribution in [0.4, 0.5) is 13.2 Å². The lowest BCUT2D eigenvalue weighted by Crippen LogP contribution is -2.51. The summed E-state index contributed by atoms with van der Waals surface area (Å²) < 4.78 is 43.9. The second-order valence-electron chi connectivity index (χ2n) is 4.38. The van der Waals surface area contributed by atoms with E-state index in [4.69, 9.17) is 23.2 Å². The van der Waals surface area contributed by atoms with Crippen LogP contribution in [-0.2, 0) is 9.53 Å². The van der Waals surface area contributed by atoms with Gasteiger partial charge >= 0.3 is 12.1 Å². The van der Waals surface area contributed by atoms with Crippen molar-refractivity contribution in [3.8, 4) is 0 Å². The molecule has 22 heavy (non-hydrogen) atoms. The van der Waals surface area contributed by atoms with Gasteiger partial charge in [0, 0.05) is 12.6 Å². The van der Waals surface area contributed by atoms with Gasteiger partial charge in [-0.15, -0.1) is 11.6 Å². The van der Waals surface area contributed by atoms with Gasteiger partial charge in [0.15, 0.2) is 10.6 Å². The summed E-state index contributed by atoms with van der Waals surface area (Å²) in [5.41, 5.74) is -0.749. The highest BCUT2D eigenvalue weighted by molar-refractivity contribution is 6.54. The maximum absolute atomic E-state index is 13.2. The number of hydrogen-bond acceptors (Lipinski definition) is 4. The summed E-state index contributed by atoms with van der Waals surface area (Å²) in [5.74, 6) is -1.26. The molecule has 0 aliphatic carbocycles. The molecule has 118 valence electrons. The number of carbonyl (C=O) groups excluding carboxylic acids is 1. The molecule has 2 rings (SSSR count). The molecule has 1 aromatic rings.